The van der Waals surface area contributed by atoms with Crippen LogP contribution in [0, 0.1) is 5.92 Å². The van der Waals surface area contributed by atoms with Crippen LogP contribution < -0.4 is 5.32 Å². The van der Waals surface area contributed by atoms with Crippen LogP contribution in [0.25, 0.3) is 0 Å². The minimum atomic E-state index is -0.0856. The van der Waals surface area contributed by atoms with Gasteiger partial charge in [-0.15, -0.1) is 11.6 Å². The summed E-state index contributed by atoms with van der Waals surface area (Å²) in [5.74, 6) is 1.59. The van der Waals surface area contributed by atoms with Crippen molar-refractivity contribution in [3.8, 4) is 0 Å². The van der Waals surface area contributed by atoms with Crippen LogP contribution in [0.5, 0.6) is 0 Å². The van der Waals surface area contributed by atoms with Crippen LogP contribution in [-0.4, -0.2) is 12.4 Å². The first-order chi connectivity index (χ1) is 7.74. The van der Waals surface area contributed by atoms with E-state index < -0.39 is 0 Å². The highest BCUT2D eigenvalue weighted by molar-refractivity contribution is 6.18. The number of benzene rings is 1. The molecule has 1 aliphatic carbocycles. The van der Waals surface area contributed by atoms with Crippen molar-refractivity contribution < 1.29 is 0 Å². The van der Waals surface area contributed by atoms with Crippen molar-refractivity contribution in [2.75, 3.05) is 12.4 Å². The van der Waals surface area contributed by atoms with E-state index in [0.29, 0.717) is 5.88 Å². The molecule has 0 aliphatic heterocycles. The van der Waals surface area contributed by atoms with Gasteiger partial charge in [-0.1, -0.05) is 43.2 Å². The minimum Gasteiger partial charge on any atom is -0.307 e. The number of nitrogens with one attached hydrogen (secondary N) is 1. The van der Waals surface area contributed by atoms with Gasteiger partial charge in [0.1, 0.15) is 0 Å². The van der Waals surface area contributed by atoms with Crippen LogP contribution >= 0.6 is 11.6 Å². The zero-order valence-corrected chi connectivity index (χ0v) is 10.6. The third kappa shape index (κ3) is 2.99. The van der Waals surface area contributed by atoms with Crippen molar-refractivity contribution >= 4 is 11.6 Å². The fourth-order valence-electron chi connectivity index (χ4n) is 1.99. The molecule has 1 saturated carbocycles. The Kier molecular flexibility index (Phi) is 3.88. The summed E-state index contributed by atoms with van der Waals surface area (Å²) in [7, 11) is 0. The Morgan fingerprint density at radius 1 is 1.31 bits per heavy atom. The Balaban J connectivity index is 1.94. The van der Waals surface area contributed by atoms with Crippen LogP contribution in [0.3, 0.4) is 0 Å². The zero-order valence-electron chi connectivity index (χ0n) is 9.88. The van der Waals surface area contributed by atoms with E-state index in [1.54, 1.807) is 0 Å². The molecule has 0 amide bonds. The third-order valence-electron chi connectivity index (χ3n) is 3.44. The van der Waals surface area contributed by atoms with Gasteiger partial charge in [-0.05, 0) is 31.4 Å². The first-order valence-electron chi connectivity index (χ1n) is 6.11. The van der Waals surface area contributed by atoms with E-state index in [4.69, 9.17) is 11.6 Å². The summed E-state index contributed by atoms with van der Waals surface area (Å²) in [4.78, 5) is 0. The van der Waals surface area contributed by atoms with Crippen molar-refractivity contribution in [2.45, 2.75) is 31.7 Å². The molecule has 0 aromatic heterocycles. The monoisotopic (exact) mass is 237 g/mol. The molecule has 0 heterocycles. The molecule has 1 aliphatic rings. The molecular weight excluding hydrogens is 218 g/mol. The van der Waals surface area contributed by atoms with Crippen molar-refractivity contribution in [3.63, 3.8) is 0 Å². The van der Waals surface area contributed by atoms with Crippen LogP contribution in [0.2, 0.25) is 0 Å². The summed E-state index contributed by atoms with van der Waals surface area (Å²) >= 11 is 6.11. The van der Waals surface area contributed by atoms with Gasteiger partial charge in [0.05, 0.1) is 5.54 Å². The summed E-state index contributed by atoms with van der Waals surface area (Å²) in [5, 5.41) is 3.60. The third-order valence-corrected chi connectivity index (χ3v) is 3.98. The van der Waals surface area contributed by atoms with Crippen molar-refractivity contribution in [2.24, 2.45) is 5.92 Å². The van der Waals surface area contributed by atoms with Gasteiger partial charge in [-0.25, -0.2) is 0 Å². The largest absolute Gasteiger partial charge is 0.307 e. The molecule has 16 heavy (non-hydrogen) atoms. The molecular formula is C14H20ClN. The molecule has 2 rings (SSSR count). The van der Waals surface area contributed by atoms with E-state index >= 15 is 0 Å². The summed E-state index contributed by atoms with van der Waals surface area (Å²) in [6.45, 7) is 3.25. The Bertz CT molecular complexity index is 321. The summed E-state index contributed by atoms with van der Waals surface area (Å²) in [5.41, 5.74) is 1.19. The first kappa shape index (κ1) is 11.9. The van der Waals surface area contributed by atoms with E-state index in [9.17, 15) is 0 Å². The fourth-order valence-corrected chi connectivity index (χ4v) is 2.24. The van der Waals surface area contributed by atoms with Crippen LogP contribution in [0.15, 0.2) is 30.3 Å². The van der Waals surface area contributed by atoms with Gasteiger partial charge in [0.15, 0.2) is 0 Å². The molecule has 1 N–H and O–H groups in total. The highest BCUT2D eigenvalue weighted by Crippen LogP contribution is 2.32. The molecule has 1 atom stereocenters. The SMILES string of the molecule is CC(CCl)(NCCC1CC1)c1ccccc1. The van der Waals surface area contributed by atoms with Crippen molar-refractivity contribution in [1.29, 1.82) is 0 Å². The van der Waals surface area contributed by atoms with Gasteiger partial charge >= 0.3 is 0 Å². The average molecular weight is 238 g/mol. The maximum Gasteiger partial charge on any atom is 0.0543 e. The van der Waals surface area contributed by atoms with Gasteiger partial charge < -0.3 is 5.32 Å². The molecule has 0 bridgehead atoms. The molecule has 88 valence electrons. The van der Waals surface area contributed by atoms with Gasteiger partial charge in [0.2, 0.25) is 0 Å². The number of hydrogen-bond donors (Lipinski definition) is 1. The van der Waals surface area contributed by atoms with Crippen LogP contribution in [0.4, 0.5) is 0 Å². The highest BCUT2D eigenvalue weighted by Gasteiger charge is 2.26. The first-order valence-corrected chi connectivity index (χ1v) is 6.64. The molecule has 0 spiro atoms. The molecule has 2 heteroatoms. The van der Waals surface area contributed by atoms with Crippen LogP contribution in [0.1, 0.15) is 31.7 Å². The second-order valence-electron chi connectivity index (χ2n) is 4.99. The molecule has 1 nitrogen and oxygen atoms in total. The normalized spacial score (nSPS) is 19.4. The Labute approximate surface area is 103 Å². The second-order valence-corrected chi connectivity index (χ2v) is 5.26. The molecule has 1 aromatic carbocycles. The van der Waals surface area contributed by atoms with Gasteiger partial charge in [-0.3, -0.25) is 0 Å². The fraction of sp³-hybridized carbons (Fsp3) is 0.571. The van der Waals surface area contributed by atoms with E-state index in [1.165, 1.54) is 24.8 Å². The van der Waals surface area contributed by atoms with E-state index in [1.807, 2.05) is 6.07 Å². The predicted molar refractivity (Wildman–Crippen MR) is 69.9 cm³/mol. The summed E-state index contributed by atoms with van der Waals surface area (Å²) < 4.78 is 0. The Morgan fingerprint density at radius 2 is 2.00 bits per heavy atom. The summed E-state index contributed by atoms with van der Waals surface area (Å²) in [6.07, 6.45) is 4.13. The van der Waals surface area contributed by atoms with E-state index in [-0.39, 0.29) is 5.54 Å². The average Bonchev–Trinajstić information content (AvgIpc) is 3.14. The molecule has 0 radical (unpaired) electrons. The molecule has 1 aromatic rings. The lowest BCUT2D eigenvalue weighted by Crippen LogP contribution is -2.41. The van der Waals surface area contributed by atoms with Crippen molar-refractivity contribution in [3.05, 3.63) is 35.9 Å². The maximum atomic E-state index is 6.11. The van der Waals surface area contributed by atoms with Crippen LogP contribution in [-0.2, 0) is 5.54 Å². The molecule has 1 fully saturated rings. The highest BCUT2D eigenvalue weighted by atomic mass is 35.5. The minimum absolute atomic E-state index is 0.0856. The Morgan fingerprint density at radius 3 is 2.56 bits per heavy atom. The predicted octanol–water partition coefficient (Wildman–Crippen LogP) is 3.53. The molecule has 1 unspecified atom stereocenters. The zero-order chi connectivity index (χ0) is 11.4. The smallest absolute Gasteiger partial charge is 0.0543 e. The number of alkyl halides is 1. The second kappa shape index (κ2) is 5.20. The topological polar surface area (TPSA) is 12.0 Å². The maximum absolute atomic E-state index is 6.11. The Hall–Kier alpha value is -0.530. The number of hydrogen-bond acceptors (Lipinski definition) is 1. The lowest BCUT2D eigenvalue weighted by Gasteiger charge is -2.29. The summed E-state index contributed by atoms with van der Waals surface area (Å²) in [6, 6.07) is 10.5. The lowest BCUT2D eigenvalue weighted by molar-refractivity contribution is 0.399. The quantitative estimate of drug-likeness (QED) is 0.747. The standard InChI is InChI=1S/C14H20ClN/c1-14(11-15,13-5-3-2-4-6-13)16-10-9-12-7-8-12/h2-6,12,16H,7-11H2,1H3. The van der Waals surface area contributed by atoms with Gasteiger partial charge in [0.25, 0.3) is 0 Å². The number of halogens is 1. The lowest BCUT2D eigenvalue weighted by atomic mass is 9.94. The molecule has 0 saturated heterocycles. The van der Waals surface area contributed by atoms with E-state index in [0.717, 1.165) is 12.5 Å². The van der Waals surface area contributed by atoms with Gasteiger partial charge in [-0.2, -0.15) is 0 Å². The number of rotatable bonds is 6. The van der Waals surface area contributed by atoms with Crippen molar-refractivity contribution in [1.82, 2.24) is 5.32 Å². The van der Waals surface area contributed by atoms with Gasteiger partial charge in [0, 0.05) is 5.88 Å². The van der Waals surface area contributed by atoms with E-state index in [2.05, 4.69) is 36.5 Å².